The highest BCUT2D eigenvalue weighted by Crippen LogP contribution is 2.31. The molecule has 29 heavy (non-hydrogen) atoms. The number of anilines is 1. The Balaban J connectivity index is 1.88. The Morgan fingerprint density at radius 1 is 1.21 bits per heavy atom. The van der Waals surface area contributed by atoms with Crippen molar-refractivity contribution in [3.8, 4) is 5.75 Å². The van der Waals surface area contributed by atoms with E-state index in [9.17, 15) is 9.59 Å². The van der Waals surface area contributed by atoms with Gasteiger partial charge >= 0.3 is 0 Å². The minimum Gasteiger partial charge on any atom is -0.491 e. The monoisotopic (exact) mass is 403 g/mol. The maximum absolute atomic E-state index is 13.1. The van der Waals surface area contributed by atoms with Gasteiger partial charge in [0.25, 0.3) is 5.91 Å². The highest BCUT2D eigenvalue weighted by molar-refractivity contribution is 5.99. The van der Waals surface area contributed by atoms with E-state index in [1.54, 1.807) is 37.3 Å². The van der Waals surface area contributed by atoms with Gasteiger partial charge in [-0.2, -0.15) is 0 Å². The molecule has 1 heterocycles. The van der Waals surface area contributed by atoms with Gasteiger partial charge in [-0.15, -0.1) is 0 Å². The normalized spacial score (nSPS) is 26.7. The first-order chi connectivity index (χ1) is 13.8. The van der Waals surface area contributed by atoms with E-state index in [-0.39, 0.29) is 35.8 Å². The summed E-state index contributed by atoms with van der Waals surface area (Å²) in [5.41, 5.74) is 1.16. The van der Waals surface area contributed by atoms with Crippen molar-refractivity contribution in [1.82, 2.24) is 9.80 Å². The standard InChI is InChI=1S/C22H33N3O4/c1-14-11-24(3)15(2)13-29-19-10-17(23-21(26)16-6-7-16)8-9-18(19)22(27)25(4)12-20(14)28-5/h8-10,14-16,20H,6-7,11-13H2,1-5H3,(H,23,26)/t14-,15+,20+/m1/s1. The molecule has 1 aromatic carbocycles. The number of methoxy groups -OCH3 is 1. The lowest BCUT2D eigenvalue weighted by molar-refractivity contribution is -0.117. The molecule has 1 N–H and O–H groups in total. The molecule has 0 aromatic heterocycles. The minimum atomic E-state index is -0.115. The van der Waals surface area contributed by atoms with Crippen LogP contribution in [-0.4, -0.2) is 74.7 Å². The van der Waals surface area contributed by atoms with Crippen molar-refractivity contribution in [3.05, 3.63) is 23.8 Å². The Morgan fingerprint density at radius 2 is 1.93 bits per heavy atom. The third kappa shape index (κ3) is 5.28. The van der Waals surface area contributed by atoms with Gasteiger partial charge in [0.05, 0.1) is 11.7 Å². The molecule has 0 unspecified atom stereocenters. The van der Waals surface area contributed by atoms with Crippen molar-refractivity contribution in [2.75, 3.05) is 46.2 Å². The molecule has 0 spiro atoms. The number of carbonyl (C=O) groups excluding carboxylic acids is 2. The number of benzene rings is 1. The van der Waals surface area contributed by atoms with Crippen LogP contribution in [0.25, 0.3) is 0 Å². The third-order valence-electron chi connectivity index (χ3n) is 5.97. The number of rotatable bonds is 3. The summed E-state index contributed by atoms with van der Waals surface area (Å²) in [5.74, 6) is 0.800. The van der Waals surface area contributed by atoms with Crippen LogP contribution in [0.2, 0.25) is 0 Å². The number of carbonyl (C=O) groups is 2. The predicted molar refractivity (Wildman–Crippen MR) is 112 cm³/mol. The molecule has 7 heteroatoms. The summed E-state index contributed by atoms with van der Waals surface area (Å²) < 4.78 is 11.8. The topological polar surface area (TPSA) is 71.1 Å². The molecule has 1 aliphatic heterocycles. The quantitative estimate of drug-likeness (QED) is 0.840. The number of nitrogens with one attached hydrogen (secondary N) is 1. The average molecular weight is 404 g/mol. The summed E-state index contributed by atoms with van der Waals surface area (Å²) in [6, 6.07) is 5.43. The Morgan fingerprint density at radius 3 is 2.59 bits per heavy atom. The Kier molecular flexibility index (Phi) is 6.80. The van der Waals surface area contributed by atoms with E-state index in [0.29, 0.717) is 30.2 Å². The Bertz CT molecular complexity index is 750. The lowest BCUT2D eigenvalue weighted by Crippen LogP contribution is -2.45. The van der Waals surface area contributed by atoms with Gasteiger partial charge in [-0.25, -0.2) is 0 Å². The molecule has 160 valence electrons. The summed E-state index contributed by atoms with van der Waals surface area (Å²) in [5, 5.41) is 2.93. The molecule has 1 saturated carbocycles. The van der Waals surface area contributed by atoms with Gasteiger partial charge in [0.1, 0.15) is 12.4 Å². The second kappa shape index (κ2) is 9.13. The van der Waals surface area contributed by atoms with E-state index in [1.807, 2.05) is 0 Å². The molecule has 7 nitrogen and oxygen atoms in total. The van der Waals surface area contributed by atoms with Crippen molar-refractivity contribution in [1.29, 1.82) is 0 Å². The minimum absolute atomic E-state index is 0.0339. The van der Waals surface area contributed by atoms with Crippen LogP contribution >= 0.6 is 0 Å². The number of hydrogen-bond donors (Lipinski definition) is 1. The first-order valence-corrected chi connectivity index (χ1v) is 10.4. The molecule has 1 fully saturated rings. The number of ether oxygens (including phenoxy) is 2. The van der Waals surface area contributed by atoms with Crippen molar-refractivity contribution >= 4 is 17.5 Å². The summed E-state index contributed by atoms with van der Waals surface area (Å²) in [7, 11) is 5.55. The van der Waals surface area contributed by atoms with Gasteiger partial charge in [0, 0.05) is 51.0 Å². The van der Waals surface area contributed by atoms with Gasteiger partial charge in [-0.1, -0.05) is 6.92 Å². The molecule has 3 rings (SSSR count). The maximum atomic E-state index is 13.1. The van der Waals surface area contributed by atoms with Gasteiger partial charge in [-0.3, -0.25) is 14.5 Å². The molecule has 0 saturated heterocycles. The summed E-state index contributed by atoms with van der Waals surface area (Å²) in [6.07, 6.45) is 1.83. The van der Waals surface area contributed by atoms with Crippen LogP contribution in [0.4, 0.5) is 5.69 Å². The van der Waals surface area contributed by atoms with E-state index >= 15 is 0 Å². The van der Waals surface area contributed by atoms with Crippen LogP contribution in [0.3, 0.4) is 0 Å². The first-order valence-electron chi connectivity index (χ1n) is 10.4. The lowest BCUT2D eigenvalue weighted by Gasteiger charge is -2.34. The van der Waals surface area contributed by atoms with Crippen molar-refractivity contribution < 1.29 is 19.1 Å². The summed E-state index contributed by atoms with van der Waals surface area (Å²) in [4.78, 5) is 29.2. The second-order valence-corrected chi connectivity index (χ2v) is 8.51. The molecule has 1 aliphatic carbocycles. The van der Waals surface area contributed by atoms with E-state index in [4.69, 9.17) is 9.47 Å². The van der Waals surface area contributed by atoms with Gasteiger partial charge < -0.3 is 19.7 Å². The molecular weight excluding hydrogens is 370 g/mol. The molecule has 2 amide bonds. The Labute approximate surface area is 173 Å². The fourth-order valence-electron chi connectivity index (χ4n) is 3.62. The zero-order valence-corrected chi connectivity index (χ0v) is 18.1. The Hall–Kier alpha value is -2.12. The molecule has 2 aliphatic rings. The molecule has 1 aromatic rings. The second-order valence-electron chi connectivity index (χ2n) is 8.51. The van der Waals surface area contributed by atoms with Gasteiger partial charge in [0.2, 0.25) is 5.91 Å². The molecule has 0 bridgehead atoms. The van der Waals surface area contributed by atoms with Crippen molar-refractivity contribution in [3.63, 3.8) is 0 Å². The molecular formula is C22H33N3O4. The van der Waals surface area contributed by atoms with Crippen LogP contribution in [0, 0.1) is 11.8 Å². The van der Waals surface area contributed by atoms with Crippen LogP contribution < -0.4 is 10.1 Å². The average Bonchev–Trinajstić information content (AvgIpc) is 3.54. The highest BCUT2D eigenvalue weighted by Gasteiger charge is 2.30. The van der Waals surface area contributed by atoms with Crippen LogP contribution in [0.5, 0.6) is 5.75 Å². The zero-order valence-electron chi connectivity index (χ0n) is 18.1. The highest BCUT2D eigenvalue weighted by atomic mass is 16.5. The van der Waals surface area contributed by atoms with Gasteiger partial charge in [-0.05, 0) is 44.9 Å². The van der Waals surface area contributed by atoms with Crippen LogP contribution in [-0.2, 0) is 9.53 Å². The summed E-state index contributed by atoms with van der Waals surface area (Å²) in [6.45, 7) is 6.04. The van der Waals surface area contributed by atoms with Crippen molar-refractivity contribution in [2.24, 2.45) is 11.8 Å². The fraction of sp³-hybridized carbons (Fsp3) is 0.636. The van der Waals surface area contributed by atoms with E-state index in [0.717, 1.165) is 19.4 Å². The third-order valence-corrected chi connectivity index (χ3v) is 5.97. The van der Waals surface area contributed by atoms with Crippen LogP contribution in [0.15, 0.2) is 18.2 Å². The maximum Gasteiger partial charge on any atom is 0.257 e. The van der Waals surface area contributed by atoms with E-state index in [2.05, 4.69) is 31.1 Å². The molecule has 3 atom stereocenters. The fourth-order valence-corrected chi connectivity index (χ4v) is 3.62. The number of likely N-dealkylation sites (N-methyl/N-ethyl adjacent to an activating group) is 2. The van der Waals surface area contributed by atoms with Crippen molar-refractivity contribution in [2.45, 2.75) is 38.8 Å². The van der Waals surface area contributed by atoms with E-state index in [1.165, 1.54) is 0 Å². The number of amides is 2. The number of hydrogen-bond acceptors (Lipinski definition) is 5. The van der Waals surface area contributed by atoms with E-state index < -0.39 is 0 Å². The smallest absolute Gasteiger partial charge is 0.257 e. The zero-order chi connectivity index (χ0) is 21.1. The van der Waals surface area contributed by atoms with Crippen LogP contribution in [0.1, 0.15) is 37.0 Å². The predicted octanol–water partition coefficient (Wildman–Crippen LogP) is 2.47. The SMILES string of the molecule is CO[C@H]1CN(C)C(=O)c2ccc(NC(=O)C3CC3)cc2OC[C@H](C)N(C)C[C@H]1C. The summed E-state index contributed by atoms with van der Waals surface area (Å²) >= 11 is 0. The molecule has 0 radical (unpaired) electrons. The number of nitrogens with zero attached hydrogens (tertiary/aromatic N) is 2. The first kappa shape index (κ1) is 21.6. The largest absolute Gasteiger partial charge is 0.491 e. The van der Waals surface area contributed by atoms with Gasteiger partial charge in [0.15, 0.2) is 0 Å². The number of fused-ring (bicyclic) bond motifs is 1. The lowest BCUT2D eigenvalue weighted by atomic mass is 10.0.